The summed E-state index contributed by atoms with van der Waals surface area (Å²) in [6.07, 6.45) is 2.98. The number of benzene rings is 1. The number of likely N-dealkylation sites (tertiary alicyclic amines) is 1. The van der Waals surface area contributed by atoms with E-state index in [0.29, 0.717) is 25.2 Å². The molecule has 26 heavy (non-hydrogen) atoms. The number of nitrogens with one attached hydrogen (secondary N) is 1. The van der Waals surface area contributed by atoms with Crippen molar-refractivity contribution in [3.8, 4) is 0 Å². The molecule has 0 bridgehead atoms. The molecule has 3 heterocycles. The van der Waals surface area contributed by atoms with Crippen molar-refractivity contribution in [2.75, 3.05) is 13.1 Å². The molecule has 0 radical (unpaired) electrons. The van der Waals surface area contributed by atoms with Gasteiger partial charge in [0.2, 0.25) is 0 Å². The van der Waals surface area contributed by atoms with E-state index in [2.05, 4.69) is 15.1 Å². The van der Waals surface area contributed by atoms with Gasteiger partial charge in [0.25, 0.3) is 0 Å². The molecule has 1 saturated heterocycles. The fraction of sp³-hybridized carbons (Fsp3) is 0.211. The minimum absolute atomic E-state index is 0.240. The summed E-state index contributed by atoms with van der Waals surface area (Å²) in [6, 6.07) is 13.7. The number of carbonyl (C=O) groups is 1. The molecule has 7 nitrogen and oxygen atoms in total. The van der Waals surface area contributed by atoms with Gasteiger partial charge in [-0.25, -0.2) is 4.79 Å². The van der Waals surface area contributed by atoms with Crippen LogP contribution in [0.1, 0.15) is 17.7 Å². The van der Waals surface area contributed by atoms with Crippen LogP contribution in [0.15, 0.2) is 60.0 Å². The second-order valence-electron chi connectivity index (χ2n) is 6.20. The molecule has 7 heteroatoms. The Hall–Kier alpha value is -3.35. The molecule has 0 saturated carbocycles. The van der Waals surface area contributed by atoms with Gasteiger partial charge in [-0.3, -0.25) is 4.98 Å². The van der Waals surface area contributed by atoms with Crippen molar-refractivity contribution in [2.45, 2.75) is 12.5 Å². The standard InChI is InChI=1S/C19H18N4O3/c24-19(25)23-9-7-15(12-23)26-22-18(13-4-2-1-3-5-13)16-10-14-6-8-20-11-17(14)21-16/h1-6,8,10-11,15,21H,7,9,12H2,(H,24,25)/b22-18+. The highest BCUT2D eigenvalue weighted by Crippen LogP contribution is 2.19. The highest BCUT2D eigenvalue weighted by Gasteiger charge is 2.27. The van der Waals surface area contributed by atoms with Crippen LogP contribution in [-0.2, 0) is 4.84 Å². The van der Waals surface area contributed by atoms with Crippen LogP contribution in [0.4, 0.5) is 4.79 Å². The first-order chi connectivity index (χ1) is 12.7. The van der Waals surface area contributed by atoms with Crippen LogP contribution in [0.3, 0.4) is 0 Å². The Balaban J connectivity index is 1.64. The molecule has 3 aromatic rings. The van der Waals surface area contributed by atoms with Crippen molar-refractivity contribution in [3.63, 3.8) is 0 Å². The molecule has 1 aliphatic heterocycles. The van der Waals surface area contributed by atoms with Crippen molar-refractivity contribution >= 4 is 22.7 Å². The van der Waals surface area contributed by atoms with E-state index in [1.165, 1.54) is 4.90 Å². The average molecular weight is 350 g/mol. The fourth-order valence-corrected chi connectivity index (χ4v) is 3.07. The lowest BCUT2D eigenvalue weighted by atomic mass is 10.1. The lowest BCUT2D eigenvalue weighted by Crippen LogP contribution is -2.28. The first-order valence-electron chi connectivity index (χ1n) is 8.41. The molecule has 2 N–H and O–H groups in total. The Labute approximate surface area is 149 Å². The molecule has 1 atom stereocenters. The Bertz CT molecular complexity index is 919. The minimum atomic E-state index is -0.925. The number of pyridine rings is 1. The van der Waals surface area contributed by atoms with Crippen molar-refractivity contribution in [1.29, 1.82) is 0 Å². The van der Waals surface area contributed by atoms with E-state index in [1.807, 2.05) is 42.5 Å². The van der Waals surface area contributed by atoms with E-state index >= 15 is 0 Å². The van der Waals surface area contributed by atoms with E-state index in [9.17, 15) is 4.79 Å². The summed E-state index contributed by atoms with van der Waals surface area (Å²) >= 11 is 0. The van der Waals surface area contributed by atoms with Gasteiger partial charge >= 0.3 is 6.09 Å². The summed E-state index contributed by atoms with van der Waals surface area (Å²) in [6.45, 7) is 0.797. The first kappa shape index (κ1) is 16.1. The Kier molecular flexibility index (Phi) is 4.27. The smallest absolute Gasteiger partial charge is 0.407 e. The van der Waals surface area contributed by atoms with Crippen LogP contribution >= 0.6 is 0 Å². The fourth-order valence-electron chi connectivity index (χ4n) is 3.07. The van der Waals surface area contributed by atoms with Gasteiger partial charge in [0.1, 0.15) is 11.8 Å². The molecule has 0 aliphatic carbocycles. The molecular formula is C19H18N4O3. The van der Waals surface area contributed by atoms with E-state index in [0.717, 1.165) is 22.2 Å². The summed E-state index contributed by atoms with van der Waals surface area (Å²) in [7, 11) is 0. The SMILES string of the molecule is O=C(O)N1CCC(O/N=C(\c2ccccc2)c2cc3ccncc3[nH]2)C1. The van der Waals surface area contributed by atoms with Gasteiger partial charge in [0.05, 0.1) is 24.0 Å². The van der Waals surface area contributed by atoms with Gasteiger partial charge in [-0.1, -0.05) is 35.5 Å². The number of fused-ring (bicyclic) bond motifs is 1. The van der Waals surface area contributed by atoms with Crippen molar-refractivity contribution in [2.24, 2.45) is 5.16 Å². The largest absolute Gasteiger partial charge is 0.465 e. The third-order valence-corrected chi connectivity index (χ3v) is 4.43. The van der Waals surface area contributed by atoms with E-state index in [1.54, 1.807) is 12.4 Å². The quantitative estimate of drug-likeness (QED) is 0.559. The molecule has 132 valence electrons. The molecule has 2 aromatic heterocycles. The highest BCUT2D eigenvalue weighted by molar-refractivity contribution is 6.13. The lowest BCUT2D eigenvalue weighted by Gasteiger charge is -2.12. The number of oxime groups is 1. The summed E-state index contributed by atoms with van der Waals surface area (Å²) in [5.74, 6) is 0. The van der Waals surface area contributed by atoms with Gasteiger partial charge in [-0.05, 0) is 12.1 Å². The zero-order valence-electron chi connectivity index (χ0n) is 14.0. The van der Waals surface area contributed by atoms with Crippen LogP contribution in [0.2, 0.25) is 0 Å². The van der Waals surface area contributed by atoms with E-state index < -0.39 is 6.09 Å². The van der Waals surface area contributed by atoms with Crippen molar-refractivity contribution in [1.82, 2.24) is 14.9 Å². The highest BCUT2D eigenvalue weighted by atomic mass is 16.6. The van der Waals surface area contributed by atoms with Gasteiger partial charge in [0, 0.05) is 30.1 Å². The third-order valence-electron chi connectivity index (χ3n) is 4.43. The Morgan fingerprint density at radius 2 is 2.15 bits per heavy atom. The van der Waals surface area contributed by atoms with Crippen LogP contribution in [-0.4, -0.2) is 51.0 Å². The summed E-state index contributed by atoms with van der Waals surface area (Å²) in [4.78, 5) is 25.5. The van der Waals surface area contributed by atoms with Crippen molar-refractivity contribution < 1.29 is 14.7 Å². The van der Waals surface area contributed by atoms with E-state index in [4.69, 9.17) is 9.94 Å². The summed E-state index contributed by atoms with van der Waals surface area (Å²) < 4.78 is 0. The number of H-pyrrole nitrogens is 1. The van der Waals surface area contributed by atoms with Gasteiger partial charge in [-0.15, -0.1) is 0 Å². The summed E-state index contributed by atoms with van der Waals surface area (Å²) in [5.41, 5.74) is 3.34. The van der Waals surface area contributed by atoms with Gasteiger partial charge in [0.15, 0.2) is 0 Å². The number of nitrogens with zero attached hydrogens (tertiary/aromatic N) is 3. The average Bonchev–Trinajstić information content (AvgIpc) is 3.29. The number of hydrogen-bond acceptors (Lipinski definition) is 4. The Morgan fingerprint density at radius 3 is 2.88 bits per heavy atom. The normalized spacial score (nSPS) is 17.6. The third kappa shape index (κ3) is 3.23. The molecule has 1 fully saturated rings. The molecule has 0 spiro atoms. The molecule has 1 aromatic carbocycles. The molecule has 1 amide bonds. The number of amides is 1. The van der Waals surface area contributed by atoms with E-state index in [-0.39, 0.29) is 6.10 Å². The molecular weight excluding hydrogens is 332 g/mol. The molecule has 4 rings (SSSR count). The summed E-state index contributed by atoms with van der Waals surface area (Å²) in [5, 5.41) is 14.5. The topological polar surface area (TPSA) is 90.8 Å². The second-order valence-corrected chi connectivity index (χ2v) is 6.20. The number of hydrogen-bond donors (Lipinski definition) is 2. The second kappa shape index (κ2) is 6.87. The zero-order valence-corrected chi connectivity index (χ0v) is 14.0. The molecule has 1 aliphatic rings. The minimum Gasteiger partial charge on any atom is -0.465 e. The monoisotopic (exact) mass is 350 g/mol. The predicted molar refractivity (Wildman–Crippen MR) is 97.3 cm³/mol. The number of rotatable bonds is 4. The maximum absolute atomic E-state index is 11.1. The number of aromatic amines is 1. The van der Waals surface area contributed by atoms with Crippen LogP contribution in [0, 0.1) is 0 Å². The maximum atomic E-state index is 11.1. The number of carboxylic acid groups (broad SMARTS) is 1. The van der Waals surface area contributed by atoms with Gasteiger partial charge < -0.3 is 19.8 Å². The van der Waals surface area contributed by atoms with Crippen molar-refractivity contribution in [3.05, 3.63) is 66.1 Å². The maximum Gasteiger partial charge on any atom is 0.407 e. The zero-order chi connectivity index (χ0) is 17.9. The lowest BCUT2D eigenvalue weighted by molar-refractivity contribution is 0.0645. The Morgan fingerprint density at radius 1 is 1.31 bits per heavy atom. The van der Waals surface area contributed by atoms with Crippen LogP contribution < -0.4 is 0 Å². The predicted octanol–water partition coefficient (Wildman–Crippen LogP) is 3.08. The first-order valence-corrected chi connectivity index (χ1v) is 8.41. The van der Waals surface area contributed by atoms with Crippen LogP contribution in [0.5, 0.6) is 0 Å². The van der Waals surface area contributed by atoms with Crippen LogP contribution in [0.25, 0.3) is 10.9 Å². The van der Waals surface area contributed by atoms with Gasteiger partial charge in [-0.2, -0.15) is 0 Å². The molecule has 1 unspecified atom stereocenters. The number of aromatic nitrogens is 2.